The van der Waals surface area contributed by atoms with Crippen molar-refractivity contribution < 1.29 is 19.4 Å². The third kappa shape index (κ3) is 4.35. The van der Waals surface area contributed by atoms with Crippen LogP contribution in [0.1, 0.15) is 60.3 Å². The fourth-order valence-corrected chi connectivity index (χ4v) is 8.60. The smallest absolute Gasteiger partial charge is 0.326 e. The van der Waals surface area contributed by atoms with Crippen LogP contribution in [-0.4, -0.2) is 33.0 Å². The number of aromatic nitrogens is 2. The van der Waals surface area contributed by atoms with E-state index in [1.807, 2.05) is 42.5 Å². The number of carbonyl (C=O) groups excluding carboxylic acids is 1. The number of rotatable bonds is 7. The van der Waals surface area contributed by atoms with Crippen molar-refractivity contribution in [2.75, 3.05) is 0 Å². The Bertz CT molecular complexity index is 1550. The van der Waals surface area contributed by atoms with Gasteiger partial charge in [0, 0.05) is 17.0 Å². The largest absolute Gasteiger partial charge is 0.483 e. The molecule has 2 aromatic carbocycles. The number of thiazole rings is 1. The van der Waals surface area contributed by atoms with Crippen LogP contribution >= 0.6 is 11.3 Å². The molecule has 3 saturated carbocycles. The lowest BCUT2D eigenvalue weighted by molar-refractivity contribution is -0.148. The van der Waals surface area contributed by atoms with Gasteiger partial charge in [-0.1, -0.05) is 30.7 Å². The Morgan fingerprint density at radius 3 is 2.85 bits per heavy atom. The molecule has 7 nitrogen and oxygen atoms in total. The number of fused-ring (bicyclic) bond motifs is 4. The second-order valence-corrected chi connectivity index (χ2v) is 12.7. The molecular formula is C31H31N3O4S. The Labute approximate surface area is 230 Å². The summed E-state index contributed by atoms with van der Waals surface area (Å²) in [6.07, 6.45) is 9.05. The van der Waals surface area contributed by atoms with E-state index in [2.05, 4.69) is 15.3 Å². The average Bonchev–Trinajstić information content (AvgIpc) is 3.36. The second kappa shape index (κ2) is 9.59. The SMILES string of the molecule is O=C(N[C@H](C(=O)O)C12CCC3CCC(CC3C1)C2)c1ccc2cccnc2c1OCc1nc2ccccc2s1. The van der Waals surface area contributed by atoms with Gasteiger partial charge in [0.05, 0.1) is 15.8 Å². The standard InChI is InChI=1S/C31H31N3O4S/c35-29(34-28(30(36)37)31-12-11-19-8-7-18(15-31)14-21(19)16-31)22-10-9-20-4-3-13-32-26(20)27(22)38-17-25-33-23-5-1-2-6-24(23)39-25/h1-6,9-10,13,18-19,21,28H,7-8,11-12,14-17H2,(H,34,35)(H,36,37)/t18?,19?,21?,28-,31?/m1/s1. The van der Waals surface area contributed by atoms with Crippen LogP contribution in [0.15, 0.2) is 54.7 Å². The summed E-state index contributed by atoms with van der Waals surface area (Å²) < 4.78 is 7.34. The van der Waals surface area contributed by atoms with Gasteiger partial charge in [-0.15, -0.1) is 11.3 Å². The molecule has 3 aliphatic carbocycles. The number of pyridine rings is 1. The van der Waals surface area contributed by atoms with Crippen molar-refractivity contribution in [2.45, 2.75) is 57.6 Å². The molecule has 200 valence electrons. The van der Waals surface area contributed by atoms with E-state index in [1.165, 1.54) is 19.3 Å². The van der Waals surface area contributed by atoms with E-state index in [-0.39, 0.29) is 12.0 Å². The maximum Gasteiger partial charge on any atom is 0.326 e. The molecule has 5 atom stereocenters. The molecule has 4 aromatic rings. The van der Waals surface area contributed by atoms with E-state index in [9.17, 15) is 14.7 Å². The van der Waals surface area contributed by atoms with Gasteiger partial charge in [-0.2, -0.15) is 0 Å². The molecule has 2 aromatic heterocycles. The van der Waals surface area contributed by atoms with Crippen molar-refractivity contribution >= 4 is 44.3 Å². The number of nitrogens with zero attached hydrogens (tertiary/aromatic N) is 2. The number of ether oxygens (including phenoxy) is 1. The fourth-order valence-electron chi connectivity index (χ4n) is 7.72. The summed E-state index contributed by atoms with van der Waals surface area (Å²) >= 11 is 1.55. The molecule has 8 heteroatoms. The lowest BCUT2D eigenvalue weighted by atomic mass is 9.49. The fraction of sp³-hybridized carbons (Fsp3) is 0.419. The van der Waals surface area contributed by atoms with Crippen LogP contribution in [-0.2, 0) is 11.4 Å². The molecule has 0 saturated heterocycles. The number of para-hydroxylation sites is 1. The quantitative estimate of drug-likeness (QED) is 0.288. The molecule has 0 spiro atoms. The van der Waals surface area contributed by atoms with E-state index in [0.717, 1.165) is 46.3 Å². The number of carbonyl (C=O) groups is 2. The zero-order valence-corrected chi connectivity index (χ0v) is 22.5. The van der Waals surface area contributed by atoms with Gasteiger partial charge in [0.2, 0.25) is 0 Å². The Morgan fingerprint density at radius 1 is 1.08 bits per heavy atom. The van der Waals surface area contributed by atoms with Crippen molar-refractivity contribution in [3.63, 3.8) is 0 Å². The molecule has 4 unspecified atom stereocenters. The van der Waals surface area contributed by atoms with Crippen LogP contribution in [0.2, 0.25) is 0 Å². The number of nitrogens with one attached hydrogen (secondary N) is 1. The second-order valence-electron chi connectivity index (χ2n) is 11.6. The van der Waals surface area contributed by atoms with Gasteiger partial charge in [-0.25, -0.2) is 9.78 Å². The van der Waals surface area contributed by atoms with Crippen molar-refractivity contribution in [1.82, 2.24) is 15.3 Å². The normalized spacial score (nSPS) is 26.4. The first kappa shape index (κ1) is 24.5. The molecule has 3 bridgehead atoms. The Hall–Kier alpha value is -3.52. The minimum absolute atomic E-state index is 0.187. The molecule has 0 radical (unpaired) electrons. The summed E-state index contributed by atoms with van der Waals surface area (Å²) in [4.78, 5) is 35.7. The number of hydrogen-bond acceptors (Lipinski definition) is 6. The highest BCUT2D eigenvalue weighted by atomic mass is 32.1. The van der Waals surface area contributed by atoms with Crippen LogP contribution < -0.4 is 10.1 Å². The summed E-state index contributed by atoms with van der Waals surface area (Å²) in [7, 11) is 0. The zero-order valence-electron chi connectivity index (χ0n) is 21.6. The third-order valence-electron chi connectivity index (χ3n) is 9.41. The van der Waals surface area contributed by atoms with Gasteiger partial charge < -0.3 is 15.2 Å². The highest BCUT2D eigenvalue weighted by Crippen LogP contribution is 2.59. The summed E-state index contributed by atoms with van der Waals surface area (Å²) in [6.45, 7) is 0.187. The Kier molecular flexibility index (Phi) is 6.03. The molecule has 3 fully saturated rings. The lowest BCUT2D eigenvalue weighted by Crippen LogP contribution is -2.58. The van der Waals surface area contributed by atoms with E-state index < -0.39 is 17.9 Å². The van der Waals surface area contributed by atoms with Crippen LogP contribution in [0, 0.1) is 23.2 Å². The van der Waals surface area contributed by atoms with Crippen LogP contribution in [0.5, 0.6) is 5.75 Å². The molecule has 1 amide bonds. The lowest BCUT2D eigenvalue weighted by Gasteiger charge is -2.56. The minimum Gasteiger partial charge on any atom is -0.483 e. The maximum absolute atomic E-state index is 13.8. The first-order valence-electron chi connectivity index (χ1n) is 13.9. The van der Waals surface area contributed by atoms with E-state index >= 15 is 0 Å². The van der Waals surface area contributed by atoms with Gasteiger partial charge in [-0.05, 0) is 80.5 Å². The van der Waals surface area contributed by atoms with E-state index in [0.29, 0.717) is 34.6 Å². The number of benzene rings is 2. The number of amides is 1. The molecule has 3 aliphatic rings. The highest BCUT2D eigenvalue weighted by molar-refractivity contribution is 7.18. The topological polar surface area (TPSA) is 101 Å². The maximum atomic E-state index is 13.8. The van der Waals surface area contributed by atoms with Gasteiger partial charge in [0.25, 0.3) is 5.91 Å². The molecule has 2 N–H and O–H groups in total. The summed E-state index contributed by atoms with van der Waals surface area (Å²) in [5, 5.41) is 15.0. The zero-order chi connectivity index (χ0) is 26.6. The Balaban J connectivity index is 1.20. The number of hydrogen-bond donors (Lipinski definition) is 2. The van der Waals surface area contributed by atoms with Crippen molar-refractivity contribution in [3.8, 4) is 5.75 Å². The predicted octanol–water partition coefficient (Wildman–Crippen LogP) is 6.21. The summed E-state index contributed by atoms with van der Waals surface area (Å²) in [6, 6.07) is 14.3. The molecular weight excluding hydrogens is 510 g/mol. The van der Waals surface area contributed by atoms with Crippen LogP contribution in [0.4, 0.5) is 0 Å². The van der Waals surface area contributed by atoms with Gasteiger partial charge in [0.1, 0.15) is 23.2 Å². The highest BCUT2D eigenvalue weighted by Gasteiger charge is 2.55. The van der Waals surface area contributed by atoms with Gasteiger partial charge >= 0.3 is 5.97 Å². The summed E-state index contributed by atoms with van der Waals surface area (Å²) in [5.74, 6) is 0.850. The molecule has 2 heterocycles. The summed E-state index contributed by atoms with van der Waals surface area (Å²) in [5.41, 5.74) is 1.40. The van der Waals surface area contributed by atoms with Crippen LogP contribution in [0.25, 0.3) is 21.1 Å². The number of aliphatic carboxylic acids is 1. The van der Waals surface area contributed by atoms with Gasteiger partial charge in [-0.3, -0.25) is 9.78 Å². The molecule has 39 heavy (non-hydrogen) atoms. The van der Waals surface area contributed by atoms with Crippen molar-refractivity contribution in [1.29, 1.82) is 0 Å². The van der Waals surface area contributed by atoms with Crippen molar-refractivity contribution in [3.05, 3.63) is 65.3 Å². The number of carboxylic acid groups (broad SMARTS) is 1. The van der Waals surface area contributed by atoms with Gasteiger partial charge in [0.15, 0.2) is 5.75 Å². The third-order valence-corrected chi connectivity index (χ3v) is 10.4. The average molecular weight is 542 g/mol. The van der Waals surface area contributed by atoms with Crippen LogP contribution in [0.3, 0.4) is 0 Å². The predicted molar refractivity (Wildman–Crippen MR) is 150 cm³/mol. The Morgan fingerprint density at radius 2 is 1.97 bits per heavy atom. The van der Waals surface area contributed by atoms with Crippen molar-refractivity contribution in [2.24, 2.45) is 23.2 Å². The first-order chi connectivity index (χ1) is 19.0. The molecule has 0 aliphatic heterocycles. The first-order valence-corrected chi connectivity index (χ1v) is 14.7. The minimum atomic E-state index is -0.947. The van der Waals surface area contributed by atoms with E-state index in [1.54, 1.807) is 23.6 Å². The van der Waals surface area contributed by atoms with E-state index in [4.69, 9.17) is 4.74 Å². The molecule has 7 rings (SSSR count). The number of carboxylic acids is 1. The monoisotopic (exact) mass is 541 g/mol.